The van der Waals surface area contributed by atoms with Crippen LogP contribution in [0.25, 0.3) is 5.95 Å². The van der Waals surface area contributed by atoms with E-state index < -0.39 is 0 Å². The average molecular weight is 293 g/mol. The molecule has 0 unspecified atom stereocenters. The van der Waals surface area contributed by atoms with Crippen molar-refractivity contribution in [2.45, 2.75) is 32.6 Å². The molecule has 3 heterocycles. The highest BCUT2D eigenvalue weighted by Gasteiger charge is 2.18. The van der Waals surface area contributed by atoms with Gasteiger partial charge in [0, 0.05) is 31.9 Å². The van der Waals surface area contributed by atoms with E-state index in [1.54, 1.807) is 6.20 Å². The molecule has 0 N–H and O–H groups in total. The predicted molar refractivity (Wildman–Crippen MR) is 77.4 cm³/mol. The van der Waals surface area contributed by atoms with Crippen molar-refractivity contribution in [1.29, 1.82) is 0 Å². The van der Waals surface area contributed by atoms with Crippen molar-refractivity contribution in [1.82, 2.24) is 24.5 Å². The van der Waals surface area contributed by atoms with Crippen molar-refractivity contribution < 1.29 is 0 Å². The van der Waals surface area contributed by atoms with Gasteiger partial charge in [0.05, 0.1) is 0 Å². The third-order valence-electron chi connectivity index (χ3n) is 3.38. The minimum Gasteiger partial charge on any atom is -0.341 e. The fraction of sp³-hybridized carbons (Fsp3) is 0.538. The van der Waals surface area contributed by atoms with Crippen LogP contribution in [0.3, 0.4) is 0 Å². The fourth-order valence-electron chi connectivity index (χ4n) is 2.42. The van der Waals surface area contributed by atoms with Crippen LogP contribution in [-0.4, -0.2) is 37.6 Å². The van der Waals surface area contributed by atoms with Crippen molar-refractivity contribution in [2.75, 3.05) is 18.0 Å². The molecule has 2 aromatic rings. The van der Waals surface area contributed by atoms with Crippen LogP contribution < -0.4 is 4.90 Å². The molecule has 7 heteroatoms. The number of hydrogen-bond acceptors (Lipinski definition) is 5. The van der Waals surface area contributed by atoms with Crippen molar-refractivity contribution in [3.8, 4) is 5.95 Å². The van der Waals surface area contributed by atoms with Gasteiger partial charge in [-0.25, -0.2) is 4.98 Å². The fourth-order valence-corrected chi connectivity index (χ4v) is 2.57. The number of imidazole rings is 1. The first-order valence-corrected chi connectivity index (χ1v) is 7.35. The molecule has 0 amide bonds. The normalized spacial score (nSPS) is 15.0. The maximum Gasteiger partial charge on any atom is 0.241 e. The van der Waals surface area contributed by atoms with Gasteiger partial charge in [0.15, 0.2) is 0 Å². The summed E-state index contributed by atoms with van der Waals surface area (Å²) in [6.45, 7) is 4.08. The lowest BCUT2D eigenvalue weighted by molar-refractivity contribution is 0.768. The first-order chi connectivity index (χ1) is 9.78. The van der Waals surface area contributed by atoms with E-state index in [9.17, 15) is 0 Å². The number of aryl methyl sites for hydroxylation is 1. The van der Waals surface area contributed by atoms with E-state index in [-0.39, 0.29) is 5.28 Å². The van der Waals surface area contributed by atoms with Gasteiger partial charge in [-0.1, -0.05) is 6.92 Å². The van der Waals surface area contributed by atoms with Crippen LogP contribution in [0.4, 0.5) is 5.95 Å². The highest BCUT2D eigenvalue weighted by Crippen LogP contribution is 2.19. The van der Waals surface area contributed by atoms with Gasteiger partial charge in [-0.15, -0.1) is 0 Å². The minimum absolute atomic E-state index is 0.230. The van der Waals surface area contributed by atoms with E-state index in [0.29, 0.717) is 11.9 Å². The number of hydrogen-bond donors (Lipinski definition) is 0. The number of rotatable bonds is 4. The minimum atomic E-state index is 0.230. The van der Waals surface area contributed by atoms with Crippen molar-refractivity contribution in [3.05, 3.63) is 23.5 Å². The third kappa shape index (κ3) is 2.60. The Morgan fingerprint density at radius 1 is 1.15 bits per heavy atom. The SMILES string of the molecule is CCCc1nccn1-c1nc(Cl)nc(N2CCCC2)n1. The van der Waals surface area contributed by atoms with E-state index in [2.05, 4.69) is 31.8 Å². The van der Waals surface area contributed by atoms with Crippen LogP contribution in [-0.2, 0) is 6.42 Å². The number of nitrogens with zero attached hydrogens (tertiary/aromatic N) is 6. The van der Waals surface area contributed by atoms with Gasteiger partial charge in [-0.3, -0.25) is 4.57 Å². The topological polar surface area (TPSA) is 59.7 Å². The Morgan fingerprint density at radius 3 is 2.65 bits per heavy atom. The summed E-state index contributed by atoms with van der Waals surface area (Å²) in [6.07, 6.45) is 7.88. The van der Waals surface area contributed by atoms with Crippen molar-refractivity contribution >= 4 is 17.5 Å². The summed E-state index contributed by atoms with van der Waals surface area (Å²) in [5.41, 5.74) is 0. The predicted octanol–water partition coefficient (Wildman–Crippen LogP) is 2.26. The molecule has 3 rings (SSSR count). The van der Waals surface area contributed by atoms with E-state index in [4.69, 9.17) is 11.6 Å². The van der Waals surface area contributed by atoms with Gasteiger partial charge >= 0.3 is 0 Å². The molecule has 1 fully saturated rings. The van der Waals surface area contributed by atoms with Crippen LogP contribution in [0.1, 0.15) is 32.0 Å². The lowest BCUT2D eigenvalue weighted by atomic mass is 10.3. The number of anilines is 1. The third-order valence-corrected chi connectivity index (χ3v) is 3.55. The largest absolute Gasteiger partial charge is 0.341 e. The second-order valence-corrected chi connectivity index (χ2v) is 5.20. The molecule has 0 aromatic carbocycles. The Balaban J connectivity index is 1.98. The summed E-state index contributed by atoms with van der Waals surface area (Å²) in [4.78, 5) is 19.5. The summed E-state index contributed by atoms with van der Waals surface area (Å²) in [7, 11) is 0. The Labute approximate surface area is 122 Å². The molecular formula is C13H17ClN6. The van der Waals surface area contributed by atoms with Gasteiger partial charge in [0.1, 0.15) is 5.82 Å². The van der Waals surface area contributed by atoms with Gasteiger partial charge in [-0.05, 0) is 30.9 Å². The van der Waals surface area contributed by atoms with E-state index in [0.717, 1.165) is 31.8 Å². The van der Waals surface area contributed by atoms with E-state index >= 15 is 0 Å². The Hall–Kier alpha value is -1.69. The van der Waals surface area contributed by atoms with Crippen LogP contribution in [0, 0.1) is 0 Å². The summed E-state index contributed by atoms with van der Waals surface area (Å²) in [5, 5.41) is 0.230. The number of halogens is 1. The van der Waals surface area contributed by atoms with Crippen molar-refractivity contribution in [3.63, 3.8) is 0 Å². The zero-order chi connectivity index (χ0) is 13.9. The molecule has 0 saturated carbocycles. The van der Waals surface area contributed by atoms with Crippen molar-refractivity contribution in [2.24, 2.45) is 0 Å². The smallest absolute Gasteiger partial charge is 0.241 e. The molecule has 1 aliphatic heterocycles. The molecule has 1 saturated heterocycles. The first-order valence-electron chi connectivity index (χ1n) is 6.97. The van der Waals surface area contributed by atoms with Gasteiger partial charge in [0.2, 0.25) is 17.2 Å². The quantitative estimate of drug-likeness (QED) is 0.865. The molecule has 0 radical (unpaired) electrons. The molecule has 6 nitrogen and oxygen atoms in total. The molecule has 106 valence electrons. The molecule has 0 spiro atoms. The van der Waals surface area contributed by atoms with Gasteiger partial charge in [-0.2, -0.15) is 15.0 Å². The zero-order valence-electron chi connectivity index (χ0n) is 11.5. The Bertz CT molecular complexity index is 590. The second-order valence-electron chi connectivity index (χ2n) is 4.86. The average Bonchev–Trinajstić information content (AvgIpc) is 3.09. The second kappa shape index (κ2) is 5.75. The number of aromatic nitrogens is 5. The summed E-state index contributed by atoms with van der Waals surface area (Å²) in [5.74, 6) is 2.16. The molecule has 0 aliphatic carbocycles. The van der Waals surface area contributed by atoms with Crippen LogP contribution in [0.5, 0.6) is 0 Å². The van der Waals surface area contributed by atoms with Gasteiger partial charge < -0.3 is 4.90 Å². The Morgan fingerprint density at radius 2 is 1.90 bits per heavy atom. The summed E-state index contributed by atoms with van der Waals surface area (Å²) in [6, 6.07) is 0. The molecule has 1 aliphatic rings. The monoisotopic (exact) mass is 292 g/mol. The molecule has 0 atom stereocenters. The molecular weight excluding hydrogens is 276 g/mol. The van der Waals surface area contributed by atoms with Crippen LogP contribution in [0.2, 0.25) is 5.28 Å². The molecule has 20 heavy (non-hydrogen) atoms. The molecule has 2 aromatic heterocycles. The summed E-state index contributed by atoms with van der Waals surface area (Å²) < 4.78 is 1.89. The van der Waals surface area contributed by atoms with E-state index in [1.807, 2.05) is 10.8 Å². The zero-order valence-corrected chi connectivity index (χ0v) is 12.2. The van der Waals surface area contributed by atoms with E-state index in [1.165, 1.54) is 12.8 Å². The standard InChI is InChI=1S/C13H17ClN6/c1-2-5-10-15-6-9-20(10)13-17-11(14)16-12(18-13)19-7-3-4-8-19/h6,9H,2-5,7-8H2,1H3. The maximum absolute atomic E-state index is 6.05. The first kappa shape index (κ1) is 13.3. The van der Waals surface area contributed by atoms with Crippen LogP contribution in [0.15, 0.2) is 12.4 Å². The highest BCUT2D eigenvalue weighted by molar-refractivity contribution is 6.28. The van der Waals surface area contributed by atoms with Crippen LogP contribution >= 0.6 is 11.6 Å². The summed E-state index contributed by atoms with van der Waals surface area (Å²) >= 11 is 6.05. The van der Waals surface area contributed by atoms with Gasteiger partial charge in [0.25, 0.3) is 0 Å². The Kier molecular flexibility index (Phi) is 3.82. The molecule has 0 bridgehead atoms. The maximum atomic E-state index is 6.05. The lowest BCUT2D eigenvalue weighted by Gasteiger charge is -2.16. The highest BCUT2D eigenvalue weighted by atomic mass is 35.5. The lowest BCUT2D eigenvalue weighted by Crippen LogP contribution is -2.22.